The van der Waals surface area contributed by atoms with Crippen LogP contribution in [0.1, 0.15) is 64.3 Å². The molecular weight excluding hydrogens is 443 g/mol. The summed E-state index contributed by atoms with van der Waals surface area (Å²) in [5.74, 6) is -2.60. The van der Waals surface area contributed by atoms with Crippen molar-refractivity contribution in [1.29, 1.82) is 0 Å². The van der Waals surface area contributed by atoms with E-state index in [2.05, 4.69) is 5.32 Å². The van der Waals surface area contributed by atoms with Crippen LogP contribution >= 0.6 is 10.8 Å². The van der Waals surface area contributed by atoms with Gasteiger partial charge in [0.1, 0.15) is 22.7 Å². The largest absolute Gasteiger partial charge is 0.480 e. The van der Waals surface area contributed by atoms with Gasteiger partial charge in [0.15, 0.2) is 0 Å². The number of benzene rings is 1. The summed E-state index contributed by atoms with van der Waals surface area (Å²) in [5.41, 5.74) is -1.45. The van der Waals surface area contributed by atoms with E-state index in [1.54, 1.807) is 41.5 Å². The number of carbonyl (C=O) groups excluding carboxylic acids is 2. The van der Waals surface area contributed by atoms with Gasteiger partial charge in [-0.1, -0.05) is 12.1 Å². The number of hydrogen-bond donors (Lipinski definition) is 4. The molecule has 2 atom stereocenters. The van der Waals surface area contributed by atoms with Crippen LogP contribution in [-0.2, 0) is 20.7 Å². The molecule has 0 saturated carbocycles. The van der Waals surface area contributed by atoms with Crippen LogP contribution in [-0.4, -0.2) is 53.7 Å². The second-order valence-electron chi connectivity index (χ2n) is 9.71. The van der Waals surface area contributed by atoms with Gasteiger partial charge >= 0.3 is 12.1 Å². The molecule has 1 aliphatic rings. The number of hydrogen-bond acceptors (Lipinski definition) is 6. The van der Waals surface area contributed by atoms with Crippen molar-refractivity contribution in [1.82, 2.24) is 9.62 Å². The number of halogens is 1. The van der Waals surface area contributed by atoms with Crippen LogP contribution in [0, 0.1) is 5.82 Å². The number of amides is 2. The molecule has 0 radical (unpaired) electrons. The van der Waals surface area contributed by atoms with E-state index in [1.807, 2.05) is 0 Å². The molecule has 0 spiro atoms. The fourth-order valence-electron chi connectivity index (χ4n) is 3.53. The summed E-state index contributed by atoms with van der Waals surface area (Å²) in [4.78, 5) is 35.9. The van der Waals surface area contributed by atoms with E-state index in [0.29, 0.717) is 0 Å². The summed E-state index contributed by atoms with van der Waals surface area (Å²) in [6.45, 7) is 9.87. The quantitative estimate of drug-likeness (QED) is 0.505. The molecule has 0 bridgehead atoms. The first kappa shape index (κ1) is 25.9. The lowest BCUT2D eigenvalue weighted by Gasteiger charge is -2.47. The molecule has 1 fully saturated rings. The third kappa shape index (κ3) is 5.90. The first-order chi connectivity index (χ1) is 14.4. The highest BCUT2D eigenvalue weighted by Gasteiger charge is 2.50. The molecule has 0 aliphatic carbocycles. The van der Waals surface area contributed by atoms with Crippen LogP contribution < -0.4 is 5.32 Å². The molecular formula is C21H31FN2O7S. The van der Waals surface area contributed by atoms with E-state index in [-0.39, 0.29) is 24.0 Å². The average molecular weight is 475 g/mol. The van der Waals surface area contributed by atoms with Crippen molar-refractivity contribution in [3.63, 3.8) is 0 Å². The highest BCUT2D eigenvalue weighted by Crippen LogP contribution is 2.65. The number of nitrogens with one attached hydrogen (secondary N) is 1. The van der Waals surface area contributed by atoms with Crippen molar-refractivity contribution < 1.29 is 37.7 Å². The number of ether oxygens (including phenoxy) is 1. The molecule has 180 valence electrons. The van der Waals surface area contributed by atoms with Gasteiger partial charge in [0, 0.05) is 12.0 Å². The average Bonchev–Trinajstić information content (AvgIpc) is 2.81. The number of rotatable bonds is 5. The Morgan fingerprint density at radius 3 is 2.28 bits per heavy atom. The maximum absolute atomic E-state index is 14.9. The fraction of sp³-hybridized carbons (Fsp3) is 0.571. The molecule has 11 heteroatoms. The maximum Gasteiger partial charge on any atom is 0.408 e. The minimum atomic E-state index is -3.62. The lowest BCUT2D eigenvalue weighted by Crippen LogP contribution is -2.44. The number of aliphatic carboxylic acids is 1. The van der Waals surface area contributed by atoms with Crippen LogP contribution in [0.5, 0.6) is 0 Å². The number of carboxylic acid groups (broad SMARTS) is 1. The van der Waals surface area contributed by atoms with Crippen molar-refractivity contribution in [3.8, 4) is 0 Å². The molecule has 1 heterocycles. The second kappa shape index (κ2) is 8.87. The van der Waals surface area contributed by atoms with Crippen molar-refractivity contribution in [3.05, 3.63) is 35.1 Å². The molecule has 1 aliphatic heterocycles. The second-order valence-corrected chi connectivity index (χ2v) is 11.8. The molecule has 4 N–H and O–H groups in total. The zero-order valence-corrected chi connectivity index (χ0v) is 19.8. The van der Waals surface area contributed by atoms with E-state index in [1.165, 1.54) is 12.1 Å². The summed E-state index contributed by atoms with van der Waals surface area (Å²) in [5, 5.41) is 10.5. The number of carbonyl (C=O) groups is 3. The van der Waals surface area contributed by atoms with Crippen molar-refractivity contribution in [2.24, 2.45) is 0 Å². The van der Waals surface area contributed by atoms with Crippen LogP contribution in [0.4, 0.5) is 9.18 Å². The van der Waals surface area contributed by atoms with Gasteiger partial charge < -0.3 is 15.2 Å². The normalized spacial score (nSPS) is 20.6. The molecule has 1 aromatic carbocycles. The van der Waals surface area contributed by atoms with Crippen molar-refractivity contribution >= 4 is 28.7 Å². The highest BCUT2D eigenvalue weighted by molar-refractivity contribution is 8.23. The molecule has 2 rings (SSSR count). The Labute approximate surface area is 188 Å². The van der Waals surface area contributed by atoms with Gasteiger partial charge in [0.05, 0.1) is 12.0 Å². The standard InChI is InChI=1S/C21H31FN2O7S/c1-20(2,3)24-17(25)11-16(32(24,29)30)13-8-7-12(9-14(13)22)10-15(18(26)27)23-19(28)31-21(4,5)6/h7-9,15-16,29-30H,10-11H2,1-6H3,(H,23,28)(H,26,27)/t15-,16?/m0/s1. The van der Waals surface area contributed by atoms with Gasteiger partial charge in [0.25, 0.3) is 0 Å². The maximum atomic E-state index is 14.9. The van der Waals surface area contributed by atoms with Gasteiger partial charge in [-0.3, -0.25) is 13.9 Å². The number of alkyl carbamates (subject to hydrolysis) is 1. The Morgan fingerprint density at radius 1 is 1.25 bits per heavy atom. The zero-order valence-electron chi connectivity index (χ0n) is 19.0. The Morgan fingerprint density at radius 2 is 1.84 bits per heavy atom. The van der Waals surface area contributed by atoms with Gasteiger partial charge in [-0.2, -0.15) is 0 Å². The SMILES string of the molecule is CC(C)(C)OC(=O)N[C@@H](Cc1ccc(C2CC(=O)N(C(C)(C)C)S2(O)O)c(F)c1)C(=O)O. The van der Waals surface area contributed by atoms with Crippen LogP contribution in [0.15, 0.2) is 18.2 Å². The van der Waals surface area contributed by atoms with Gasteiger partial charge in [-0.05, 0) is 53.2 Å². The van der Waals surface area contributed by atoms with Gasteiger partial charge in [-0.15, -0.1) is 10.8 Å². The van der Waals surface area contributed by atoms with E-state index in [9.17, 15) is 33.0 Å². The highest BCUT2D eigenvalue weighted by atomic mass is 32.3. The molecule has 2 amide bonds. The van der Waals surface area contributed by atoms with E-state index >= 15 is 0 Å². The Balaban J connectivity index is 2.23. The van der Waals surface area contributed by atoms with Crippen LogP contribution in [0.25, 0.3) is 0 Å². The molecule has 9 nitrogen and oxygen atoms in total. The van der Waals surface area contributed by atoms with Gasteiger partial charge in [0.2, 0.25) is 5.91 Å². The first-order valence-electron chi connectivity index (χ1n) is 10.0. The predicted octanol–water partition coefficient (Wildman–Crippen LogP) is 4.08. The summed E-state index contributed by atoms with van der Waals surface area (Å²) in [7, 11) is -3.62. The summed E-state index contributed by atoms with van der Waals surface area (Å²) in [6, 6.07) is 2.46. The summed E-state index contributed by atoms with van der Waals surface area (Å²) in [6.07, 6.45) is -1.39. The number of carboxylic acids is 1. The minimum absolute atomic E-state index is 0.0409. The molecule has 32 heavy (non-hydrogen) atoms. The summed E-state index contributed by atoms with van der Waals surface area (Å²) >= 11 is 0. The minimum Gasteiger partial charge on any atom is -0.480 e. The first-order valence-corrected chi connectivity index (χ1v) is 11.6. The third-order valence-electron chi connectivity index (χ3n) is 4.69. The Hall–Kier alpha value is -2.37. The van der Waals surface area contributed by atoms with E-state index < -0.39 is 57.0 Å². The number of nitrogens with zero attached hydrogens (tertiary/aromatic N) is 1. The molecule has 1 saturated heterocycles. The van der Waals surface area contributed by atoms with E-state index in [0.717, 1.165) is 10.4 Å². The smallest absolute Gasteiger partial charge is 0.408 e. The fourth-order valence-corrected chi connectivity index (χ4v) is 5.87. The van der Waals surface area contributed by atoms with Crippen molar-refractivity contribution in [2.75, 3.05) is 0 Å². The lowest BCUT2D eigenvalue weighted by molar-refractivity contribution is -0.139. The summed E-state index contributed by atoms with van der Waals surface area (Å²) < 4.78 is 42.4. The predicted molar refractivity (Wildman–Crippen MR) is 118 cm³/mol. The van der Waals surface area contributed by atoms with Crippen LogP contribution in [0.3, 0.4) is 0 Å². The third-order valence-corrected chi connectivity index (χ3v) is 7.16. The molecule has 1 unspecified atom stereocenters. The Bertz CT molecular complexity index is 908. The topological polar surface area (TPSA) is 136 Å². The van der Waals surface area contributed by atoms with Crippen molar-refractivity contribution in [2.45, 2.75) is 76.8 Å². The monoisotopic (exact) mass is 474 g/mol. The van der Waals surface area contributed by atoms with Gasteiger partial charge in [-0.25, -0.2) is 18.3 Å². The lowest BCUT2D eigenvalue weighted by atomic mass is 10.0. The molecule has 1 aromatic rings. The van der Waals surface area contributed by atoms with E-state index in [4.69, 9.17) is 4.74 Å². The zero-order chi connectivity index (χ0) is 24.6. The Kier molecular flexibility index (Phi) is 7.18. The molecule has 0 aromatic heterocycles. The van der Waals surface area contributed by atoms with Crippen LogP contribution in [0.2, 0.25) is 0 Å².